The van der Waals surface area contributed by atoms with Crippen molar-refractivity contribution in [2.24, 2.45) is 23.7 Å². The maximum atomic E-state index is 13.9. The van der Waals surface area contributed by atoms with Crippen molar-refractivity contribution in [2.45, 2.75) is 33.8 Å². The summed E-state index contributed by atoms with van der Waals surface area (Å²) in [6, 6.07) is 23.5. The van der Waals surface area contributed by atoms with Gasteiger partial charge in [0.1, 0.15) is 0 Å². The Morgan fingerprint density at radius 2 is 1.26 bits per heavy atom. The third-order valence-corrected chi connectivity index (χ3v) is 8.07. The van der Waals surface area contributed by atoms with Crippen molar-refractivity contribution < 1.29 is 19.1 Å². The van der Waals surface area contributed by atoms with Crippen molar-refractivity contribution in [1.82, 2.24) is 0 Å². The van der Waals surface area contributed by atoms with E-state index in [0.717, 1.165) is 22.3 Å². The van der Waals surface area contributed by atoms with E-state index in [1.165, 1.54) is 16.0 Å². The Morgan fingerprint density at radius 3 is 1.74 bits per heavy atom. The van der Waals surface area contributed by atoms with Crippen LogP contribution < -0.4 is 4.90 Å². The Labute approximate surface area is 228 Å². The molecule has 2 amide bonds. The SMILES string of the molecule is Cc1ccc(C(=C2[C@H]3C=C[C@H]2[C@@H]2C(=O)N(c4cccc(C(=O)OC(C)C)c4)C(=O)[C@H]23)c2ccc(C)cc2)cc1. The highest BCUT2D eigenvalue weighted by atomic mass is 16.5. The smallest absolute Gasteiger partial charge is 0.338 e. The molecule has 5 nitrogen and oxygen atoms in total. The third kappa shape index (κ3) is 4.13. The van der Waals surface area contributed by atoms with Gasteiger partial charge in [0.25, 0.3) is 0 Å². The predicted octanol–water partition coefficient (Wildman–Crippen LogP) is 6.29. The number of amides is 2. The van der Waals surface area contributed by atoms with Crippen LogP contribution in [-0.4, -0.2) is 23.9 Å². The van der Waals surface area contributed by atoms with Crippen molar-refractivity contribution >= 4 is 29.0 Å². The van der Waals surface area contributed by atoms with E-state index in [9.17, 15) is 14.4 Å². The molecule has 2 bridgehead atoms. The van der Waals surface area contributed by atoms with E-state index in [4.69, 9.17) is 4.74 Å². The molecule has 0 unspecified atom stereocenters. The molecule has 0 aromatic heterocycles. The number of hydrogen-bond donors (Lipinski definition) is 0. The first-order valence-corrected chi connectivity index (χ1v) is 13.5. The van der Waals surface area contributed by atoms with Gasteiger partial charge in [-0.05, 0) is 68.2 Å². The summed E-state index contributed by atoms with van der Waals surface area (Å²) in [7, 11) is 0. The van der Waals surface area contributed by atoms with Crippen molar-refractivity contribution in [2.75, 3.05) is 4.90 Å². The summed E-state index contributed by atoms with van der Waals surface area (Å²) in [5.41, 5.74) is 7.52. The van der Waals surface area contributed by atoms with E-state index in [1.807, 2.05) is 0 Å². The molecule has 2 fully saturated rings. The number of aryl methyl sites for hydroxylation is 2. The maximum Gasteiger partial charge on any atom is 0.338 e. The lowest BCUT2D eigenvalue weighted by molar-refractivity contribution is -0.122. The Bertz CT molecular complexity index is 1460. The Balaban J connectivity index is 1.41. The molecule has 1 heterocycles. The highest BCUT2D eigenvalue weighted by Crippen LogP contribution is 2.58. The summed E-state index contributed by atoms with van der Waals surface area (Å²) in [5, 5.41) is 0. The van der Waals surface area contributed by atoms with E-state index in [2.05, 4.69) is 74.5 Å². The van der Waals surface area contributed by atoms with Crippen molar-refractivity contribution in [3.8, 4) is 0 Å². The molecular formula is C34H31NO4. The zero-order valence-electron chi connectivity index (χ0n) is 22.5. The topological polar surface area (TPSA) is 63.7 Å². The molecule has 39 heavy (non-hydrogen) atoms. The van der Waals surface area contributed by atoms with Crippen LogP contribution >= 0.6 is 0 Å². The van der Waals surface area contributed by atoms with Crippen LogP contribution in [0.4, 0.5) is 5.69 Å². The summed E-state index contributed by atoms with van der Waals surface area (Å²) in [4.78, 5) is 41.6. The number of imide groups is 1. The number of ether oxygens (including phenoxy) is 1. The molecule has 1 saturated carbocycles. The van der Waals surface area contributed by atoms with Gasteiger partial charge in [-0.3, -0.25) is 9.59 Å². The minimum atomic E-state index is -0.473. The summed E-state index contributed by atoms with van der Waals surface area (Å²) in [6.07, 6.45) is 3.95. The molecule has 5 heteroatoms. The number of carbonyl (C=O) groups is 3. The van der Waals surface area contributed by atoms with Crippen molar-refractivity contribution in [3.05, 3.63) is 118 Å². The summed E-state index contributed by atoms with van der Waals surface area (Å²) < 4.78 is 5.32. The fourth-order valence-corrected chi connectivity index (χ4v) is 6.35. The van der Waals surface area contributed by atoms with Gasteiger partial charge in [-0.2, -0.15) is 0 Å². The molecule has 0 radical (unpaired) electrons. The number of allylic oxidation sites excluding steroid dienone is 3. The van der Waals surface area contributed by atoms with Gasteiger partial charge in [0.05, 0.1) is 29.2 Å². The molecule has 1 aliphatic heterocycles. The van der Waals surface area contributed by atoms with Gasteiger partial charge in [0.2, 0.25) is 11.8 Å². The van der Waals surface area contributed by atoms with Crippen LogP contribution in [0.5, 0.6) is 0 Å². The second-order valence-corrected chi connectivity index (χ2v) is 11.1. The van der Waals surface area contributed by atoms with E-state index in [1.54, 1.807) is 38.1 Å². The number of nitrogens with zero attached hydrogens (tertiary/aromatic N) is 1. The average molecular weight is 518 g/mol. The van der Waals surface area contributed by atoms with E-state index in [0.29, 0.717) is 11.3 Å². The quantitative estimate of drug-likeness (QED) is 0.227. The second kappa shape index (κ2) is 9.49. The zero-order valence-corrected chi connectivity index (χ0v) is 22.5. The summed E-state index contributed by atoms with van der Waals surface area (Å²) in [6.45, 7) is 7.70. The van der Waals surface area contributed by atoms with Gasteiger partial charge in [-0.15, -0.1) is 0 Å². The highest BCUT2D eigenvalue weighted by molar-refractivity contribution is 6.23. The number of carbonyl (C=O) groups excluding carboxylic acids is 3. The summed E-state index contributed by atoms with van der Waals surface area (Å²) in [5.74, 6) is -2.12. The van der Waals surface area contributed by atoms with Crippen LogP contribution in [0.2, 0.25) is 0 Å². The molecular weight excluding hydrogens is 486 g/mol. The molecule has 2 aliphatic carbocycles. The molecule has 0 N–H and O–H groups in total. The van der Waals surface area contributed by atoms with Crippen LogP contribution in [0.3, 0.4) is 0 Å². The zero-order chi connectivity index (χ0) is 27.4. The first-order chi connectivity index (χ1) is 18.7. The van der Waals surface area contributed by atoms with Gasteiger partial charge in [0, 0.05) is 11.8 Å². The van der Waals surface area contributed by atoms with Gasteiger partial charge < -0.3 is 4.74 Å². The lowest BCUT2D eigenvalue weighted by Gasteiger charge is -2.22. The van der Waals surface area contributed by atoms with E-state index >= 15 is 0 Å². The average Bonchev–Trinajstić information content (AvgIpc) is 3.55. The molecule has 3 aromatic rings. The molecule has 1 saturated heterocycles. The number of anilines is 1. The van der Waals surface area contributed by atoms with Gasteiger partial charge in [-0.1, -0.05) is 77.9 Å². The lowest BCUT2D eigenvalue weighted by atomic mass is 9.85. The third-order valence-electron chi connectivity index (χ3n) is 8.07. The normalized spacial score (nSPS) is 23.1. The standard InChI is InChI=1S/C34H31NO4/c1-19(2)39-34(38)24-6-5-7-25(18-24)35-32(36)30-26-16-17-27(31(30)33(35)37)29(26)28(22-12-8-20(3)9-13-22)23-14-10-21(4)11-15-23/h5-19,26-27,30-31H,1-4H3/t26-,27-,30+,31+/m1/s1. The second-order valence-electron chi connectivity index (χ2n) is 11.1. The summed E-state index contributed by atoms with van der Waals surface area (Å²) >= 11 is 0. The molecule has 3 aromatic carbocycles. The largest absolute Gasteiger partial charge is 0.459 e. The van der Waals surface area contributed by atoms with E-state index in [-0.39, 0.29) is 29.8 Å². The number of rotatable bonds is 5. The minimum Gasteiger partial charge on any atom is -0.459 e. The maximum absolute atomic E-state index is 13.9. The van der Waals surface area contributed by atoms with Crippen LogP contribution in [0.15, 0.2) is 90.5 Å². The Kier molecular flexibility index (Phi) is 6.10. The fourth-order valence-electron chi connectivity index (χ4n) is 6.35. The first-order valence-electron chi connectivity index (χ1n) is 13.5. The van der Waals surface area contributed by atoms with E-state index < -0.39 is 17.8 Å². The molecule has 4 atom stereocenters. The highest BCUT2D eigenvalue weighted by Gasteiger charge is 2.62. The van der Waals surface area contributed by atoms with Crippen LogP contribution in [0, 0.1) is 37.5 Å². The lowest BCUT2D eigenvalue weighted by Crippen LogP contribution is -2.33. The number of hydrogen-bond acceptors (Lipinski definition) is 4. The molecule has 196 valence electrons. The monoisotopic (exact) mass is 517 g/mol. The predicted molar refractivity (Wildman–Crippen MR) is 151 cm³/mol. The van der Waals surface area contributed by atoms with Crippen LogP contribution in [0.1, 0.15) is 46.5 Å². The number of fused-ring (bicyclic) bond motifs is 5. The first kappa shape index (κ1) is 25.1. The van der Waals surface area contributed by atoms with Crippen molar-refractivity contribution in [3.63, 3.8) is 0 Å². The van der Waals surface area contributed by atoms with Crippen LogP contribution in [-0.2, 0) is 14.3 Å². The molecule has 6 rings (SSSR count). The molecule has 3 aliphatic rings. The van der Waals surface area contributed by atoms with Crippen molar-refractivity contribution in [1.29, 1.82) is 0 Å². The Morgan fingerprint density at radius 1 is 0.744 bits per heavy atom. The number of benzene rings is 3. The van der Waals surface area contributed by atoms with Gasteiger partial charge >= 0.3 is 5.97 Å². The van der Waals surface area contributed by atoms with Crippen LogP contribution in [0.25, 0.3) is 5.57 Å². The van der Waals surface area contributed by atoms with Gasteiger partial charge in [0.15, 0.2) is 0 Å². The van der Waals surface area contributed by atoms with Gasteiger partial charge in [-0.25, -0.2) is 9.69 Å². The number of esters is 1. The fraction of sp³-hybridized carbons (Fsp3) is 0.265. The Hall–Kier alpha value is -4.25. The minimum absolute atomic E-state index is 0.159. The molecule has 0 spiro atoms.